The molecule has 176 valence electrons. The van der Waals surface area contributed by atoms with Crippen LogP contribution in [-0.2, 0) is 22.6 Å². The Morgan fingerprint density at radius 2 is 2.06 bits per heavy atom. The average molecular weight is 463 g/mol. The number of anilines is 1. The largest absolute Gasteiger partial charge is 0.383 e. The molecule has 4 rings (SSSR count). The van der Waals surface area contributed by atoms with Crippen LogP contribution in [0.4, 0.5) is 5.69 Å². The van der Waals surface area contributed by atoms with Crippen molar-refractivity contribution in [2.45, 2.75) is 26.9 Å². The van der Waals surface area contributed by atoms with E-state index in [0.29, 0.717) is 52.7 Å². The Morgan fingerprint density at radius 3 is 2.71 bits per heavy atom. The molecule has 1 aromatic carbocycles. The molecule has 34 heavy (non-hydrogen) atoms. The second-order valence-corrected chi connectivity index (χ2v) is 7.96. The number of nitrogens with one attached hydrogen (secondary N) is 1. The Bertz CT molecular complexity index is 1330. The van der Waals surface area contributed by atoms with E-state index in [1.165, 1.54) is 6.92 Å². The van der Waals surface area contributed by atoms with Gasteiger partial charge < -0.3 is 24.0 Å². The molecule has 3 aromatic heterocycles. The number of aromatic nitrogens is 4. The smallest absolute Gasteiger partial charge is 0.256 e. The van der Waals surface area contributed by atoms with Crippen molar-refractivity contribution in [2.24, 2.45) is 0 Å². The summed E-state index contributed by atoms with van der Waals surface area (Å²) in [6.07, 6.45) is 1.69. The highest BCUT2D eigenvalue weighted by Gasteiger charge is 2.24. The zero-order chi connectivity index (χ0) is 24.2. The van der Waals surface area contributed by atoms with Crippen molar-refractivity contribution in [3.63, 3.8) is 0 Å². The first kappa shape index (κ1) is 23.1. The van der Waals surface area contributed by atoms with Gasteiger partial charge in [-0.2, -0.15) is 0 Å². The lowest BCUT2D eigenvalue weighted by Gasteiger charge is -2.18. The summed E-state index contributed by atoms with van der Waals surface area (Å²) in [5, 5.41) is 6.66. The summed E-state index contributed by atoms with van der Waals surface area (Å²) in [6.45, 7) is 4.36. The number of ether oxygens (including phenoxy) is 1. The zero-order valence-electron chi connectivity index (χ0n) is 19.5. The lowest BCUT2D eigenvalue weighted by Crippen LogP contribution is -2.27. The summed E-state index contributed by atoms with van der Waals surface area (Å²) < 4.78 is 12.5. The predicted molar refractivity (Wildman–Crippen MR) is 126 cm³/mol. The maximum atomic E-state index is 13.6. The van der Waals surface area contributed by atoms with Gasteiger partial charge in [-0.3, -0.25) is 14.6 Å². The van der Waals surface area contributed by atoms with Crippen LogP contribution in [0.1, 0.15) is 28.7 Å². The van der Waals surface area contributed by atoms with E-state index in [4.69, 9.17) is 14.2 Å². The fraction of sp³-hybridized carbons (Fsp3) is 0.292. The average Bonchev–Trinajstić information content (AvgIpc) is 3.39. The number of amides is 2. The third kappa shape index (κ3) is 4.81. The van der Waals surface area contributed by atoms with Gasteiger partial charge in [-0.15, -0.1) is 0 Å². The summed E-state index contributed by atoms with van der Waals surface area (Å²) in [4.78, 5) is 36.2. The number of hydrogen-bond acceptors (Lipinski definition) is 7. The molecule has 0 aliphatic carbocycles. The molecular formula is C24H26N6O4. The van der Waals surface area contributed by atoms with Gasteiger partial charge in [0.25, 0.3) is 5.91 Å². The van der Waals surface area contributed by atoms with Gasteiger partial charge in [0.15, 0.2) is 11.6 Å². The molecule has 0 fully saturated rings. The van der Waals surface area contributed by atoms with Gasteiger partial charge in [0, 0.05) is 45.6 Å². The monoisotopic (exact) mass is 462 g/mol. The van der Waals surface area contributed by atoms with Crippen molar-refractivity contribution in [3.05, 3.63) is 59.6 Å². The van der Waals surface area contributed by atoms with Crippen molar-refractivity contribution >= 4 is 28.5 Å². The number of carbonyl (C=O) groups is 2. The van der Waals surface area contributed by atoms with Crippen LogP contribution in [0.25, 0.3) is 22.6 Å². The van der Waals surface area contributed by atoms with Crippen LogP contribution in [0.2, 0.25) is 0 Å². The first-order valence-corrected chi connectivity index (χ1v) is 10.8. The molecule has 10 heteroatoms. The van der Waals surface area contributed by atoms with Gasteiger partial charge in [0.05, 0.1) is 35.4 Å². The number of carbonyl (C=O) groups excluding carboxylic acids is 2. The van der Waals surface area contributed by atoms with Gasteiger partial charge in [-0.1, -0.05) is 11.2 Å². The molecule has 2 amide bonds. The van der Waals surface area contributed by atoms with Crippen molar-refractivity contribution in [1.29, 1.82) is 0 Å². The van der Waals surface area contributed by atoms with Crippen LogP contribution >= 0.6 is 0 Å². The fourth-order valence-corrected chi connectivity index (χ4v) is 3.80. The van der Waals surface area contributed by atoms with Crippen LogP contribution < -0.4 is 5.32 Å². The maximum absolute atomic E-state index is 13.6. The van der Waals surface area contributed by atoms with Crippen LogP contribution in [0.15, 0.2) is 47.1 Å². The van der Waals surface area contributed by atoms with Gasteiger partial charge >= 0.3 is 0 Å². The molecule has 4 aromatic rings. The highest BCUT2D eigenvalue weighted by atomic mass is 16.5. The molecule has 10 nitrogen and oxygen atoms in total. The highest BCUT2D eigenvalue weighted by Crippen LogP contribution is 2.30. The van der Waals surface area contributed by atoms with Gasteiger partial charge in [-0.25, -0.2) is 4.98 Å². The molecular weight excluding hydrogens is 436 g/mol. The van der Waals surface area contributed by atoms with Gasteiger partial charge in [0.2, 0.25) is 5.91 Å². The number of imidazole rings is 1. The minimum Gasteiger partial charge on any atom is -0.383 e. The third-order valence-electron chi connectivity index (χ3n) is 5.22. The fourth-order valence-electron chi connectivity index (χ4n) is 3.80. The van der Waals surface area contributed by atoms with E-state index in [1.807, 2.05) is 29.7 Å². The lowest BCUT2D eigenvalue weighted by atomic mass is 10.1. The number of hydrogen-bond donors (Lipinski definition) is 1. The van der Waals surface area contributed by atoms with Crippen LogP contribution in [-0.4, -0.2) is 57.2 Å². The highest BCUT2D eigenvalue weighted by molar-refractivity contribution is 6.08. The van der Waals surface area contributed by atoms with Crippen molar-refractivity contribution in [2.75, 3.05) is 26.1 Å². The molecule has 0 atom stereocenters. The topological polar surface area (TPSA) is 115 Å². The molecule has 1 N–H and O–H groups in total. The molecule has 0 spiro atoms. The van der Waals surface area contributed by atoms with E-state index in [1.54, 1.807) is 43.5 Å². The maximum Gasteiger partial charge on any atom is 0.256 e. The standard InChI is InChI=1S/C24H26N6O4/c1-15-11-18(34-28-15)14-29(3)24(32)19-12-17(26-16(2)31)13-21-22(19)30(9-10-33-4)23(27-21)20-7-5-6-8-25-20/h5-8,11-13H,9-10,14H2,1-4H3,(H,26,31). The minimum atomic E-state index is -0.252. The minimum absolute atomic E-state index is 0.241. The predicted octanol–water partition coefficient (Wildman–Crippen LogP) is 3.27. The van der Waals surface area contributed by atoms with Crippen LogP contribution in [0, 0.1) is 6.92 Å². The number of benzene rings is 1. The van der Waals surface area contributed by atoms with Gasteiger partial charge in [-0.05, 0) is 31.2 Å². The molecule has 0 aliphatic rings. The molecule has 0 saturated heterocycles. The lowest BCUT2D eigenvalue weighted by molar-refractivity contribution is -0.114. The summed E-state index contributed by atoms with van der Waals surface area (Å²) in [7, 11) is 3.31. The summed E-state index contributed by atoms with van der Waals surface area (Å²) in [5.41, 5.74) is 3.48. The normalized spacial score (nSPS) is 11.1. The quantitative estimate of drug-likeness (QED) is 0.427. The summed E-state index contributed by atoms with van der Waals surface area (Å²) in [6, 6.07) is 10.8. The Balaban J connectivity index is 1.87. The van der Waals surface area contributed by atoms with E-state index >= 15 is 0 Å². The molecule has 0 saturated carbocycles. The van der Waals surface area contributed by atoms with Crippen molar-refractivity contribution < 1.29 is 18.8 Å². The Morgan fingerprint density at radius 1 is 1.24 bits per heavy atom. The molecule has 0 bridgehead atoms. The first-order chi connectivity index (χ1) is 16.4. The zero-order valence-corrected chi connectivity index (χ0v) is 19.5. The Hall–Kier alpha value is -4.05. The summed E-state index contributed by atoms with van der Waals surface area (Å²) >= 11 is 0. The van der Waals surface area contributed by atoms with Crippen LogP contribution in [0.3, 0.4) is 0 Å². The number of pyridine rings is 1. The van der Waals surface area contributed by atoms with E-state index in [9.17, 15) is 9.59 Å². The van der Waals surface area contributed by atoms with E-state index in [-0.39, 0.29) is 18.4 Å². The van der Waals surface area contributed by atoms with Crippen LogP contribution in [0.5, 0.6) is 0 Å². The van der Waals surface area contributed by atoms with E-state index in [0.717, 1.165) is 5.69 Å². The number of rotatable bonds is 8. The van der Waals surface area contributed by atoms with Crippen molar-refractivity contribution in [3.8, 4) is 11.5 Å². The molecule has 0 radical (unpaired) electrons. The number of nitrogens with zero attached hydrogens (tertiary/aromatic N) is 5. The first-order valence-electron chi connectivity index (χ1n) is 10.8. The number of fused-ring (bicyclic) bond motifs is 1. The van der Waals surface area contributed by atoms with Crippen molar-refractivity contribution in [1.82, 2.24) is 24.6 Å². The van der Waals surface area contributed by atoms with E-state index in [2.05, 4.69) is 15.5 Å². The summed E-state index contributed by atoms with van der Waals surface area (Å²) in [5.74, 6) is 0.684. The Kier molecular flexibility index (Phi) is 6.69. The Labute approximate surface area is 196 Å². The molecule has 0 aliphatic heterocycles. The second kappa shape index (κ2) is 9.84. The second-order valence-electron chi connectivity index (χ2n) is 7.96. The van der Waals surface area contributed by atoms with Gasteiger partial charge in [0.1, 0.15) is 5.69 Å². The third-order valence-corrected chi connectivity index (χ3v) is 5.22. The number of methoxy groups -OCH3 is 1. The molecule has 0 unspecified atom stereocenters. The molecule has 3 heterocycles. The number of aryl methyl sites for hydroxylation is 1. The van der Waals surface area contributed by atoms with E-state index < -0.39 is 0 Å². The SMILES string of the molecule is COCCn1c(-c2ccccn2)nc2cc(NC(C)=O)cc(C(=O)N(C)Cc3cc(C)no3)c21.